The molecule has 0 radical (unpaired) electrons. The summed E-state index contributed by atoms with van der Waals surface area (Å²) >= 11 is 0. The number of aromatic amines is 2. The van der Waals surface area contributed by atoms with E-state index < -0.39 is 0 Å². The van der Waals surface area contributed by atoms with Crippen LogP contribution >= 0.6 is 0 Å². The van der Waals surface area contributed by atoms with Crippen molar-refractivity contribution in [1.29, 1.82) is 0 Å². The normalized spacial score (nSPS) is 18.9. The zero-order valence-corrected chi connectivity index (χ0v) is 22.8. The molecule has 0 spiro atoms. The molecule has 12 heteroatoms. The molecule has 0 aliphatic carbocycles. The van der Waals surface area contributed by atoms with E-state index in [-0.39, 0.29) is 11.4 Å². The monoisotopic (exact) mass is 547 g/mol. The number of nitrogens with zero attached hydrogens (tertiary/aromatic N) is 8. The summed E-state index contributed by atoms with van der Waals surface area (Å²) in [6.07, 6.45) is 9.58. The van der Waals surface area contributed by atoms with Crippen molar-refractivity contribution in [2.75, 3.05) is 38.5 Å². The van der Waals surface area contributed by atoms with Gasteiger partial charge in [-0.25, -0.2) is 19.8 Å². The summed E-state index contributed by atoms with van der Waals surface area (Å²) in [4.78, 5) is 43.3. The van der Waals surface area contributed by atoms with Crippen molar-refractivity contribution in [3.8, 4) is 22.6 Å². The lowest BCUT2D eigenvalue weighted by atomic mass is 9.79. The van der Waals surface area contributed by atoms with Crippen LogP contribution in [0.25, 0.3) is 33.7 Å². The van der Waals surface area contributed by atoms with Gasteiger partial charge >= 0.3 is 6.03 Å². The third-order valence-corrected chi connectivity index (χ3v) is 7.94. The van der Waals surface area contributed by atoms with Crippen LogP contribution in [0.2, 0.25) is 0 Å². The van der Waals surface area contributed by atoms with Crippen LogP contribution in [-0.4, -0.2) is 90.4 Å². The number of urea groups is 1. The van der Waals surface area contributed by atoms with Crippen molar-refractivity contribution >= 4 is 34.8 Å². The zero-order valence-electron chi connectivity index (χ0n) is 22.8. The topological polar surface area (TPSA) is 144 Å². The van der Waals surface area contributed by atoms with Crippen molar-refractivity contribution < 1.29 is 4.79 Å². The van der Waals surface area contributed by atoms with Crippen molar-refractivity contribution in [1.82, 2.24) is 44.9 Å². The van der Waals surface area contributed by atoms with Gasteiger partial charge < -0.3 is 20.1 Å². The summed E-state index contributed by atoms with van der Waals surface area (Å²) in [6.45, 7) is 5.26. The number of carbonyl (C=O) groups is 1. The molecule has 3 N–H and O–H groups in total. The van der Waals surface area contributed by atoms with Gasteiger partial charge in [0, 0.05) is 62.1 Å². The van der Waals surface area contributed by atoms with Gasteiger partial charge in [0.2, 0.25) is 0 Å². The number of pyridine rings is 3. The maximum Gasteiger partial charge on any atom is 0.321 e. The van der Waals surface area contributed by atoms with Gasteiger partial charge in [-0.3, -0.25) is 15.1 Å². The van der Waals surface area contributed by atoms with Crippen molar-refractivity contribution in [3.63, 3.8) is 0 Å². The molecule has 1 saturated heterocycles. The molecule has 2 aliphatic rings. The molecule has 0 aromatic carbocycles. The lowest BCUT2D eigenvalue weighted by Crippen LogP contribution is -2.48. The quantitative estimate of drug-likeness (QED) is 0.309. The molecule has 0 saturated carbocycles. The minimum absolute atomic E-state index is 0.120. The summed E-state index contributed by atoms with van der Waals surface area (Å²) in [5.41, 5.74) is 5.07. The Kier molecular flexibility index (Phi) is 6.04. The number of rotatable bonds is 4. The fourth-order valence-electron chi connectivity index (χ4n) is 5.42. The number of H-pyrrole nitrogens is 2. The maximum absolute atomic E-state index is 12.8. The number of hydrogen-bond donors (Lipinski definition) is 3. The molecule has 1 atom stereocenters. The molecule has 41 heavy (non-hydrogen) atoms. The Morgan fingerprint density at radius 1 is 1.05 bits per heavy atom. The first-order chi connectivity index (χ1) is 20.0. The van der Waals surface area contributed by atoms with Crippen LogP contribution in [0.15, 0.2) is 60.1 Å². The highest BCUT2D eigenvalue weighted by Crippen LogP contribution is 2.42. The van der Waals surface area contributed by atoms with Gasteiger partial charge in [0.25, 0.3) is 0 Å². The van der Waals surface area contributed by atoms with Crippen LogP contribution < -0.4 is 5.32 Å². The first kappa shape index (κ1) is 25.0. The zero-order chi connectivity index (χ0) is 28.0. The van der Waals surface area contributed by atoms with E-state index in [0.717, 1.165) is 46.7 Å². The Morgan fingerprint density at radius 3 is 2.73 bits per heavy atom. The fourth-order valence-corrected chi connectivity index (χ4v) is 5.42. The van der Waals surface area contributed by atoms with E-state index in [4.69, 9.17) is 4.98 Å². The Labute approximate surface area is 236 Å². The summed E-state index contributed by atoms with van der Waals surface area (Å²) < 4.78 is 0. The van der Waals surface area contributed by atoms with E-state index in [0.29, 0.717) is 42.5 Å². The second kappa shape index (κ2) is 9.89. The number of nitrogens with one attached hydrogen (secondary N) is 3. The number of fused-ring (bicyclic) bond motifs is 2. The molecule has 1 unspecified atom stereocenters. The van der Waals surface area contributed by atoms with E-state index >= 15 is 0 Å². The molecule has 7 rings (SSSR count). The van der Waals surface area contributed by atoms with Gasteiger partial charge in [-0.05, 0) is 44.7 Å². The molecule has 7 heterocycles. The average Bonchev–Trinajstić information content (AvgIpc) is 3.63. The van der Waals surface area contributed by atoms with Crippen molar-refractivity contribution in [2.24, 2.45) is 4.99 Å². The van der Waals surface area contributed by atoms with Crippen LogP contribution in [0.1, 0.15) is 24.7 Å². The number of hydrogen-bond acceptors (Lipinski definition) is 8. The summed E-state index contributed by atoms with van der Waals surface area (Å²) in [6, 6.07) is 9.73. The average molecular weight is 548 g/mol. The summed E-state index contributed by atoms with van der Waals surface area (Å²) in [5, 5.41) is 11.3. The molecule has 0 bridgehead atoms. The molecular formula is C29H29N11O. The predicted molar refractivity (Wildman–Crippen MR) is 156 cm³/mol. The molecule has 206 valence electrons. The van der Waals surface area contributed by atoms with E-state index in [9.17, 15) is 4.79 Å². The molecule has 2 aliphatic heterocycles. The third kappa shape index (κ3) is 4.51. The van der Waals surface area contributed by atoms with Crippen LogP contribution in [0.5, 0.6) is 0 Å². The van der Waals surface area contributed by atoms with Gasteiger partial charge in [-0.2, -0.15) is 5.10 Å². The second-order valence-corrected chi connectivity index (χ2v) is 10.7. The summed E-state index contributed by atoms with van der Waals surface area (Å²) in [5.74, 6) is 1.27. The Morgan fingerprint density at radius 2 is 1.90 bits per heavy atom. The van der Waals surface area contributed by atoms with Crippen LogP contribution in [-0.2, 0) is 5.41 Å². The number of aliphatic imine (C=N–C) groups is 1. The number of anilines is 1. The number of carbonyl (C=O) groups excluding carboxylic acids is 1. The SMILES string of the molecule is CN1CCN(C(=O)Nc2cncc(-c3cnc4n[nH]c(-c5nc6c([nH]5)C(C)(c5ccccn5)CC=N6)c4c3)c2)CC1. The molecular weight excluding hydrogens is 518 g/mol. The van der Waals surface area contributed by atoms with Gasteiger partial charge in [-0.15, -0.1) is 0 Å². The molecule has 5 aromatic heterocycles. The number of aromatic nitrogens is 7. The van der Waals surface area contributed by atoms with Crippen LogP contribution in [0.3, 0.4) is 0 Å². The Hall–Kier alpha value is -4.97. The largest absolute Gasteiger partial charge is 0.338 e. The maximum atomic E-state index is 12.8. The Bertz CT molecular complexity index is 1770. The smallest absolute Gasteiger partial charge is 0.321 e. The molecule has 2 amide bonds. The first-order valence-corrected chi connectivity index (χ1v) is 13.6. The highest BCUT2D eigenvalue weighted by Gasteiger charge is 2.37. The van der Waals surface area contributed by atoms with Gasteiger partial charge in [0.1, 0.15) is 5.69 Å². The minimum atomic E-state index is -0.385. The predicted octanol–water partition coefficient (Wildman–Crippen LogP) is 4.00. The number of piperazine rings is 1. The van der Waals surface area contributed by atoms with E-state index in [1.807, 2.05) is 41.4 Å². The third-order valence-electron chi connectivity index (χ3n) is 7.94. The second-order valence-electron chi connectivity index (χ2n) is 10.7. The number of amides is 2. The standard InChI is InChI=1S/C29H29N11O/c1-29(22-5-3-4-7-31-22)6-8-32-27-24(29)35-26(36-27)23-21-14-19(16-33-25(21)38-37-23)18-13-20(17-30-15-18)34-28(41)40-11-9-39(2)10-12-40/h3-5,7-8,13-17H,6,9-12H2,1-2H3,(H,34,41)(H,35,36)(H,33,37,38). The van der Waals surface area contributed by atoms with Gasteiger partial charge in [-0.1, -0.05) is 6.07 Å². The lowest BCUT2D eigenvalue weighted by molar-refractivity contribution is 0.164. The highest BCUT2D eigenvalue weighted by atomic mass is 16.2. The first-order valence-electron chi connectivity index (χ1n) is 13.6. The van der Waals surface area contributed by atoms with Gasteiger partial charge in [0.15, 0.2) is 17.3 Å². The fraction of sp³-hybridized carbons (Fsp3) is 0.276. The summed E-state index contributed by atoms with van der Waals surface area (Å²) in [7, 11) is 2.06. The Balaban J connectivity index is 1.19. The lowest BCUT2D eigenvalue weighted by Gasteiger charge is -2.32. The highest BCUT2D eigenvalue weighted by molar-refractivity contribution is 5.93. The van der Waals surface area contributed by atoms with Crippen LogP contribution in [0.4, 0.5) is 16.3 Å². The molecule has 5 aromatic rings. The van der Waals surface area contributed by atoms with Crippen molar-refractivity contribution in [2.45, 2.75) is 18.8 Å². The molecule has 12 nitrogen and oxygen atoms in total. The number of imidazole rings is 1. The van der Waals surface area contributed by atoms with Gasteiger partial charge in [0.05, 0.1) is 34.1 Å². The van der Waals surface area contributed by atoms with E-state index in [2.05, 4.69) is 59.3 Å². The van der Waals surface area contributed by atoms with E-state index in [1.165, 1.54) is 0 Å². The van der Waals surface area contributed by atoms with E-state index in [1.54, 1.807) is 24.8 Å². The molecule has 1 fully saturated rings. The van der Waals surface area contributed by atoms with Crippen molar-refractivity contribution in [3.05, 3.63) is 66.5 Å². The van der Waals surface area contributed by atoms with Crippen LogP contribution in [0, 0.1) is 0 Å². The number of likely N-dealkylation sites (N-methyl/N-ethyl adjacent to an activating group) is 1. The minimum Gasteiger partial charge on any atom is -0.338 e.